The third kappa shape index (κ3) is 2.32. The number of methoxy groups -OCH3 is 1. The Balaban J connectivity index is 2.22. The normalized spacial score (nSPS) is 14.7. The third-order valence-corrected chi connectivity index (χ3v) is 2.38. The molecule has 5 nitrogen and oxygen atoms in total. The zero-order valence-electron chi connectivity index (χ0n) is 9.38. The van der Waals surface area contributed by atoms with Gasteiger partial charge in [-0.1, -0.05) is 0 Å². The maximum atomic E-state index is 11.7. The molecule has 86 valence electrons. The van der Waals surface area contributed by atoms with E-state index in [9.17, 15) is 4.79 Å². The van der Waals surface area contributed by atoms with Crippen molar-refractivity contribution in [2.24, 2.45) is 5.10 Å². The first-order chi connectivity index (χ1) is 8.24. The van der Waals surface area contributed by atoms with E-state index < -0.39 is 0 Å². The summed E-state index contributed by atoms with van der Waals surface area (Å²) in [7, 11) is 1.57. The molecule has 1 aromatic carbocycles. The highest BCUT2D eigenvalue weighted by molar-refractivity contribution is 6.13. The second-order valence-corrected chi connectivity index (χ2v) is 3.64. The van der Waals surface area contributed by atoms with Crippen molar-refractivity contribution in [3.63, 3.8) is 0 Å². The molecule has 5 heteroatoms. The van der Waals surface area contributed by atoms with E-state index in [-0.39, 0.29) is 12.3 Å². The molecule has 0 atom stereocenters. The first-order valence-electron chi connectivity index (χ1n) is 5.13. The van der Waals surface area contributed by atoms with Crippen LogP contribution < -0.4 is 5.01 Å². The van der Waals surface area contributed by atoms with Crippen LogP contribution in [-0.2, 0) is 9.53 Å². The summed E-state index contributed by atoms with van der Waals surface area (Å²) in [5.74, 6) is -0.0817. The van der Waals surface area contributed by atoms with Crippen molar-refractivity contribution in [2.75, 3.05) is 18.7 Å². The molecule has 0 aliphatic carbocycles. The van der Waals surface area contributed by atoms with Gasteiger partial charge < -0.3 is 4.74 Å². The molecule has 0 fully saturated rings. The lowest BCUT2D eigenvalue weighted by molar-refractivity contribution is -0.116. The SMILES string of the molecule is COCC1=NN(c2ccc(C#N)cc2)C(=O)C1. The topological polar surface area (TPSA) is 65.7 Å². The Hall–Kier alpha value is -2.19. The molecule has 0 N–H and O–H groups in total. The smallest absolute Gasteiger partial charge is 0.253 e. The molecule has 0 aromatic heterocycles. The number of amides is 1. The van der Waals surface area contributed by atoms with Crippen LogP contribution in [0.4, 0.5) is 5.69 Å². The van der Waals surface area contributed by atoms with Crippen molar-refractivity contribution in [3.05, 3.63) is 29.8 Å². The molecule has 17 heavy (non-hydrogen) atoms. The Kier molecular flexibility index (Phi) is 3.17. The van der Waals surface area contributed by atoms with Crippen LogP contribution in [0.15, 0.2) is 29.4 Å². The van der Waals surface area contributed by atoms with Crippen LogP contribution in [0.25, 0.3) is 0 Å². The van der Waals surface area contributed by atoms with Gasteiger partial charge in [-0.3, -0.25) is 4.79 Å². The highest BCUT2D eigenvalue weighted by Gasteiger charge is 2.24. The van der Waals surface area contributed by atoms with Crippen molar-refractivity contribution in [2.45, 2.75) is 6.42 Å². The molecule has 1 aliphatic heterocycles. The molecular weight excluding hydrogens is 218 g/mol. The van der Waals surface area contributed by atoms with Gasteiger partial charge in [0.15, 0.2) is 0 Å². The van der Waals surface area contributed by atoms with Gasteiger partial charge in [0.2, 0.25) is 0 Å². The van der Waals surface area contributed by atoms with E-state index in [0.717, 1.165) is 0 Å². The van der Waals surface area contributed by atoms with Gasteiger partial charge in [-0.05, 0) is 24.3 Å². The molecular formula is C12H11N3O2. The summed E-state index contributed by atoms with van der Waals surface area (Å²) < 4.78 is 4.94. The number of carbonyl (C=O) groups is 1. The number of hydrogen-bond donors (Lipinski definition) is 0. The third-order valence-electron chi connectivity index (χ3n) is 2.38. The predicted octanol–water partition coefficient (Wildman–Crippen LogP) is 1.30. The summed E-state index contributed by atoms with van der Waals surface area (Å²) in [6, 6.07) is 8.75. The number of benzene rings is 1. The van der Waals surface area contributed by atoms with Crippen molar-refractivity contribution >= 4 is 17.3 Å². The first-order valence-corrected chi connectivity index (χ1v) is 5.13. The predicted molar refractivity (Wildman–Crippen MR) is 62.6 cm³/mol. The van der Waals surface area contributed by atoms with E-state index in [2.05, 4.69) is 5.10 Å². The molecule has 0 unspecified atom stereocenters. The lowest BCUT2D eigenvalue weighted by Gasteiger charge is -2.10. The van der Waals surface area contributed by atoms with Crippen molar-refractivity contribution < 1.29 is 9.53 Å². The number of rotatable bonds is 3. The number of hydrazone groups is 1. The monoisotopic (exact) mass is 229 g/mol. The van der Waals surface area contributed by atoms with Gasteiger partial charge in [-0.2, -0.15) is 10.4 Å². The van der Waals surface area contributed by atoms with Gasteiger partial charge >= 0.3 is 0 Å². The minimum absolute atomic E-state index is 0.0817. The molecule has 1 aliphatic rings. The highest BCUT2D eigenvalue weighted by atomic mass is 16.5. The maximum Gasteiger partial charge on any atom is 0.253 e. The molecule has 1 heterocycles. The average molecular weight is 229 g/mol. The van der Waals surface area contributed by atoms with Gasteiger partial charge in [0.25, 0.3) is 5.91 Å². The summed E-state index contributed by atoms with van der Waals surface area (Å²) in [5, 5.41) is 14.2. The van der Waals surface area contributed by atoms with Gasteiger partial charge in [-0.25, -0.2) is 5.01 Å². The molecule has 2 rings (SSSR count). The molecule has 0 bridgehead atoms. The lowest BCUT2D eigenvalue weighted by Crippen LogP contribution is -2.19. The van der Waals surface area contributed by atoms with Crippen LogP contribution in [0.2, 0.25) is 0 Å². The molecule has 0 radical (unpaired) electrons. The fraction of sp³-hybridized carbons (Fsp3) is 0.250. The van der Waals surface area contributed by atoms with Crippen LogP contribution in [-0.4, -0.2) is 25.3 Å². The van der Waals surface area contributed by atoms with Gasteiger partial charge in [0, 0.05) is 7.11 Å². The first kappa shape index (κ1) is 11.3. The van der Waals surface area contributed by atoms with Gasteiger partial charge in [-0.15, -0.1) is 0 Å². The molecule has 0 saturated carbocycles. The zero-order valence-corrected chi connectivity index (χ0v) is 9.38. The Morgan fingerprint density at radius 3 is 2.76 bits per heavy atom. The van der Waals surface area contributed by atoms with Crippen molar-refractivity contribution in [1.82, 2.24) is 0 Å². The number of nitriles is 1. The van der Waals surface area contributed by atoms with E-state index in [1.807, 2.05) is 6.07 Å². The van der Waals surface area contributed by atoms with Crippen LogP contribution in [0.1, 0.15) is 12.0 Å². The summed E-state index contributed by atoms with van der Waals surface area (Å²) in [6.07, 6.45) is 0.286. The lowest BCUT2D eigenvalue weighted by atomic mass is 10.2. The van der Waals surface area contributed by atoms with Crippen molar-refractivity contribution in [1.29, 1.82) is 5.26 Å². The fourth-order valence-electron chi connectivity index (χ4n) is 1.61. The van der Waals surface area contributed by atoms with E-state index in [1.54, 1.807) is 31.4 Å². The quantitative estimate of drug-likeness (QED) is 0.784. The molecule has 1 aromatic rings. The fourth-order valence-corrected chi connectivity index (χ4v) is 1.61. The number of carbonyl (C=O) groups excluding carboxylic acids is 1. The van der Waals surface area contributed by atoms with Gasteiger partial charge in [0.1, 0.15) is 0 Å². The Morgan fingerprint density at radius 2 is 2.18 bits per heavy atom. The van der Waals surface area contributed by atoms with Crippen LogP contribution in [0, 0.1) is 11.3 Å². The standard InChI is InChI=1S/C12H11N3O2/c1-17-8-10-6-12(16)15(14-10)11-4-2-9(7-13)3-5-11/h2-5H,6,8H2,1H3. The Bertz CT molecular complexity index is 499. The van der Waals surface area contributed by atoms with E-state index in [1.165, 1.54) is 5.01 Å². The van der Waals surface area contributed by atoms with E-state index in [0.29, 0.717) is 23.6 Å². The minimum Gasteiger partial charge on any atom is -0.379 e. The number of anilines is 1. The molecule has 0 saturated heterocycles. The second-order valence-electron chi connectivity index (χ2n) is 3.64. The van der Waals surface area contributed by atoms with Gasteiger partial charge in [0.05, 0.1) is 36.1 Å². The van der Waals surface area contributed by atoms with E-state index in [4.69, 9.17) is 10.00 Å². The summed E-state index contributed by atoms with van der Waals surface area (Å²) in [4.78, 5) is 11.7. The summed E-state index contributed by atoms with van der Waals surface area (Å²) in [5.41, 5.74) is 1.93. The Morgan fingerprint density at radius 1 is 1.47 bits per heavy atom. The van der Waals surface area contributed by atoms with Crippen molar-refractivity contribution in [3.8, 4) is 6.07 Å². The maximum absolute atomic E-state index is 11.7. The number of nitrogens with zero attached hydrogens (tertiary/aromatic N) is 3. The highest BCUT2D eigenvalue weighted by Crippen LogP contribution is 2.20. The summed E-state index contributed by atoms with van der Waals surface area (Å²) >= 11 is 0. The summed E-state index contributed by atoms with van der Waals surface area (Å²) in [6.45, 7) is 0.360. The van der Waals surface area contributed by atoms with Crippen LogP contribution in [0.5, 0.6) is 0 Å². The average Bonchev–Trinajstić information content (AvgIpc) is 2.71. The Labute approximate surface area is 98.9 Å². The zero-order chi connectivity index (χ0) is 12.3. The molecule has 0 spiro atoms. The van der Waals surface area contributed by atoms with Crippen LogP contribution in [0.3, 0.4) is 0 Å². The number of hydrogen-bond acceptors (Lipinski definition) is 4. The second kappa shape index (κ2) is 4.76. The minimum atomic E-state index is -0.0817. The number of ether oxygens (including phenoxy) is 1. The molecule has 1 amide bonds. The van der Waals surface area contributed by atoms with Crippen LogP contribution >= 0.6 is 0 Å². The largest absolute Gasteiger partial charge is 0.379 e. The van der Waals surface area contributed by atoms with E-state index >= 15 is 0 Å².